The van der Waals surface area contributed by atoms with Gasteiger partial charge in [0.2, 0.25) is 0 Å². The Morgan fingerprint density at radius 1 is 0.564 bits per heavy atom. The summed E-state index contributed by atoms with van der Waals surface area (Å²) in [7, 11) is 2.71. The van der Waals surface area contributed by atoms with Crippen LogP contribution in [0.4, 0.5) is 0 Å². The number of hydrogen-bond acceptors (Lipinski definition) is 6. The molecule has 0 unspecified atom stereocenters. The molecule has 4 aromatic carbocycles. The Morgan fingerprint density at radius 3 is 1.36 bits per heavy atom. The third-order valence-corrected chi connectivity index (χ3v) is 6.14. The van der Waals surface area contributed by atoms with Crippen LogP contribution in [0.1, 0.15) is 43.0 Å². The number of ether oxygens (including phenoxy) is 4. The summed E-state index contributed by atoms with van der Waals surface area (Å²) in [6, 6.07) is 30.6. The number of quaternary nitrogens is 1. The van der Waals surface area contributed by atoms with E-state index < -0.39 is 11.9 Å². The highest BCUT2D eigenvalue weighted by Gasteiger charge is 2.16. The average Bonchev–Trinajstić information content (AvgIpc) is 2.99. The van der Waals surface area contributed by atoms with Crippen LogP contribution in [0.2, 0.25) is 0 Å². The van der Waals surface area contributed by atoms with Gasteiger partial charge in [-0.15, -0.1) is 0 Å². The summed E-state index contributed by atoms with van der Waals surface area (Å²) in [5.41, 5.74) is 4.78. The normalized spacial score (nSPS) is 10.5. The molecule has 0 aliphatic heterocycles. The Labute approximate surface area is 228 Å². The Kier molecular flexibility index (Phi) is 9.69. The molecule has 0 saturated heterocycles. The fraction of sp³-hybridized carbons (Fsp3) is 0.188. The molecule has 0 aliphatic carbocycles. The van der Waals surface area contributed by atoms with Crippen molar-refractivity contribution in [1.82, 2.24) is 0 Å². The van der Waals surface area contributed by atoms with Crippen LogP contribution in [-0.2, 0) is 35.8 Å². The van der Waals surface area contributed by atoms with Crippen molar-refractivity contribution in [3.63, 3.8) is 0 Å². The molecule has 0 fully saturated rings. The van der Waals surface area contributed by atoms with E-state index in [1.807, 2.05) is 84.9 Å². The van der Waals surface area contributed by atoms with Crippen LogP contribution in [0.5, 0.6) is 11.5 Å². The summed E-state index contributed by atoms with van der Waals surface area (Å²) in [5, 5.41) is 2.13. The molecule has 39 heavy (non-hydrogen) atoms. The van der Waals surface area contributed by atoms with Crippen LogP contribution in [0.25, 0.3) is 0 Å². The molecule has 0 radical (unpaired) electrons. The van der Waals surface area contributed by atoms with Crippen LogP contribution in [-0.4, -0.2) is 26.2 Å². The maximum absolute atomic E-state index is 12.3. The molecule has 7 nitrogen and oxygen atoms in total. The SMILES string of the molecule is COC(=O)c1ccc(C[NH2+]Cc2ccc(C(=O)OC)c(OCc3ccccc3)c2)cc1OCc1ccccc1. The number of nitrogens with two attached hydrogens (primary N) is 1. The third-order valence-electron chi connectivity index (χ3n) is 6.14. The lowest BCUT2D eigenvalue weighted by atomic mass is 10.1. The van der Waals surface area contributed by atoms with Gasteiger partial charge in [-0.2, -0.15) is 0 Å². The topological polar surface area (TPSA) is 87.7 Å². The third kappa shape index (κ3) is 7.69. The number of carbonyl (C=O) groups is 2. The van der Waals surface area contributed by atoms with Crippen molar-refractivity contribution in [2.75, 3.05) is 14.2 Å². The average molecular weight is 527 g/mol. The predicted molar refractivity (Wildman–Crippen MR) is 146 cm³/mol. The standard InChI is InChI=1S/C32H31NO6/c1-36-31(34)27-15-13-25(17-29(27)38-21-23-9-5-3-6-10-23)19-33-20-26-14-16-28(32(35)37-2)30(18-26)39-22-24-11-7-4-8-12-24/h3-18,33H,19-22H2,1-2H3/p+1. The van der Waals surface area contributed by atoms with E-state index in [0.29, 0.717) is 48.9 Å². The van der Waals surface area contributed by atoms with Crippen molar-refractivity contribution in [2.45, 2.75) is 26.3 Å². The van der Waals surface area contributed by atoms with Gasteiger partial charge >= 0.3 is 11.9 Å². The Hall–Kier alpha value is -4.62. The zero-order valence-corrected chi connectivity index (χ0v) is 22.1. The minimum Gasteiger partial charge on any atom is -0.488 e. The largest absolute Gasteiger partial charge is 0.488 e. The molecule has 0 saturated carbocycles. The molecule has 0 amide bonds. The second kappa shape index (κ2) is 13.8. The van der Waals surface area contributed by atoms with Gasteiger partial charge in [-0.3, -0.25) is 0 Å². The lowest BCUT2D eigenvalue weighted by molar-refractivity contribution is -0.686. The van der Waals surface area contributed by atoms with Gasteiger partial charge in [0.25, 0.3) is 0 Å². The van der Waals surface area contributed by atoms with Gasteiger partial charge in [-0.25, -0.2) is 9.59 Å². The lowest BCUT2D eigenvalue weighted by Gasteiger charge is -2.13. The Morgan fingerprint density at radius 2 is 0.974 bits per heavy atom. The molecule has 7 heteroatoms. The maximum Gasteiger partial charge on any atom is 0.341 e. The summed E-state index contributed by atoms with van der Waals surface area (Å²) in [6.07, 6.45) is 0. The van der Waals surface area contributed by atoms with Crippen LogP contribution in [0.3, 0.4) is 0 Å². The summed E-state index contributed by atoms with van der Waals surface area (Å²) in [6.45, 7) is 2.00. The smallest absolute Gasteiger partial charge is 0.341 e. The fourth-order valence-corrected chi connectivity index (χ4v) is 4.06. The minimum atomic E-state index is -0.442. The van der Waals surface area contributed by atoms with Gasteiger partial charge in [0.15, 0.2) is 0 Å². The molecule has 200 valence electrons. The summed E-state index contributed by atoms with van der Waals surface area (Å²) >= 11 is 0. The fourth-order valence-electron chi connectivity index (χ4n) is 4.06. The van der Waals surface area contributed by atoms with Crippen molar-refractivity contribution in [1.29, 1.82) is 0 Å². The highest BCUT2D eigenvalue weighted by atomic mass is 16.5. The van der Waals surface area contributed by atoms with Crippen LogP contribution >= 0.6 is 0 Å². The van der Waals surface area contributed by atoms with Crippen LogP contribution in [0.15, 0.2) is 97.1 Å². The van der Waals surface area contributed by atoms with E-state index in [1.54, 1.807) is 12.1 Å². The first-order valence-electron chi connectivity index (χ1n) is 12.6. The van der Waals surface area contributed by atoms with Gasteiger partial charge in [0.05, 0.1) is 14.2 Å². The first-order valence-corrected chi connectivity index (χ1v) is 12.6. The molecule has 4 rings (SSSR count). The molecule has 0 heterocycles. The van der Waals surface area contributed by atoms with Crippen molar-refractivity contribution >= 4 is 11.9 Å². The lowest BCUT2D eigenvalue weighted by Crippen LogP contribution is -2.80. The summed E-state index contributed by atoms with van der Waals surface area (Å²) in [4.78, 5) is 24.5. The molecule has 4 aromatic rings. The zero-order valence-electron chi connectivity index (χ0n) is 22.1. The van der Waals surface area contributed by atoms with Gasteiger partial charge in [-0.1, -0.05) is 72.8 Å². The van der Waals surface area contributed by atoms with E-state index in [0.717, 1.165) is 22.3 Å². The van der Waals surface area contributed by atoms with E-state index in [2.05, 4.69) is 5.32 Å². The molecule has 2 N–H and O–H groups in total. The summed E-state index contributed by atoms with van der Waals surface area (Å²) in [5.74, 6) is 0.0795. The molecule has 0 spiro atoms. The first-order chi connectivity index (χ1) is 19.1. The molecule has 0 aromatic heterocycles. The monoisotopic (exact) mass is 526 g/mol. The first kappa shape index (κ1) is 27.4. The maximum atomic E-state index is 12.3. The zero-order chi connectivity index (χ0) is 27.5. The van der Waals surface area contributed by atoms with Gasteiger partial charge in [0.1, 0.15) is 48.9 Å². The highest BCUT2D eigenvalue weighted by Crippen LogP contribution is 2.24. The van der Waals surface area contributed by atoms with E-state index in [1.165, 1.54) is 14.2 Å². The Bertz CT molecular complexity index is 1280. The molecule has 0 aliphatic rings. The van der Waals surface area contributed by atoms with E-state index in [4.69, 9.17) is 18.9 Å². The van der Waals surface area contributed by atoms with E-state index in [-0.39, 0.29) is 0 Å². The number of methoxy groups -OCH3 is 2. The predicted octanol–water partition coefficient (Wildman–Crippen LogP) is 4.68. The van der Waals surface area contributed by atoms with Gasteiger partial charge < -0.3 is 24.3 Å². The summed E-state index contributed by atoms with van der Waals surface area (Å²) < 4.78 is 21.9. The number of carbonyl (C=O) groups excluding carboxylic acids is 2. The molecular formula is C32H32NO6+. The van der Waals surface area contributed by atoms with Gasteiger partial charge in [-0.05, 0) is 35.4 Å². The van der Waals surface area contributed by atoms with Crippen molar-refractivity contribution in [2.24, 2.45) is 0 Å². The molecule has 0 bridgehead atoms. The number of benzene rings is 4. The molecule has 0 atom stereocenters. The van der Waals surface area contributed by atoms with E-state index >= 15 is 0 Å². The van der Waals surface area contributed by atoms with Crippen molar-refractivity contribution < 1.29 is 33.9 Å². The van der Waals surface area contributed by atoms with Crippen molar-refractivity contribution in [3.8, 4) is 11.5 Å². The van der Waals surface area contributed by atoms with Gasteiger partial charge in [0, 0.05) is 11.1 Å². The Balaban J connectivity index is 1.43. The van der Waals surface area contributed by atoms with E-state index in [9.17, 15) is 9.59 Å². The second-order valence-corrected chi connectivity index (χ2v) is 8.89. The minimum absolute atomic E-state index is 0.344. The number of rotatable bonds is 12. The number of hydrogen-bond donors (Lipinski definition) is 1. The van der Waals surface area contributed by atoms with Crippen LogP contribution < -0.4 is 14.8 Å². The molecular weight excluding hydrogens is 494 g/mol. The second-order valence-electron chi connectivity index (χ2n) is 8.89. The number of esters is 2. The highest BCUT2D eigenvalue weighted by molar-refractivity contribution is 5.93. The van der Waals surface area contributed by atoms with Crippen molar-refractivity contribution in [3.05, 3.63) is 130 Å². The van der Waals surface area contributed by atoms with Crippen LogP contribution in [0, 0.1) is 0 Å². The quantitative estimate of drug-likeness (QED) is 0.270.